The lowest BCUT2D eigenvalue weighted by Crippen LogP contribution is -2.26. The minimum Gasteiger partial charge on any atom is -0.468 e. The van der Waals surface area contributed by atoms with Gasteiger partial charge in [-0.25, -0.2) is 0 Å². The van der Waals surface area contributed by atoms with Gasteiger partial charge >= 0.3 is 5.97 Å². The number of rotatable bonds is 2. The minimum atomic E-state index is -0.401. The molecule has 0 bridgehead atoms. The summed E-state index contributed by atoms with van der Waals surface area (Å²) in [5.41, 5.74) is 5.02. The second-order valence-electron chi connectivity index (χ2n) is 5.74. The summed E-state index contributed by atoms with van der Waals surface area (Å²) in [6, 6.07) is 26.2. The van der Waals surface area contributed by atoms with Gasteiger partial charge in [0.25, 0.3) is 0 Å². The smallest absolute Gasteiger partial charge is 0.317 e. The first-order chi connectivity index (χ1) is 11.8. The Morgan fingerprint density at radius 3 is 1.83 bits per heavy atom. The molecule has 0 fully saturated rings. The maximum atomic E-state index is 12.5. The average molecular weight is 315 g/mol. The number of carbonyl (C=O) groups is 1. The second kappa shape index (κ2) is 5.85. The zero-order valence-electron chi connectivity index (χ0n) is 13.3. The van der Waals surface area contributed by atoms with Crippen LogP contribution in [0.4, 0.5) is 17.1 Å². The Kier molecular flexibility index (Phi) is 3.54. The number of hydrogen-bond acceptors (Lipinski definition) is 3. The van der Waals surface area contributed by atoms with E-state index < -0.39 is 5.92 Å². The van der Waals surface area contributed by atoms with Crippen molar-refractivity contribution in [1.29, 1.82) is 0 Å². The molecule has 0 amide bonds. The molecule has 0 N–H and O–H groups in total. The Morgan fingerprint density at radius 1 is 0.792 bits per heavy atom. The fourth-order valence-corrected chi connectivity index (χ4v) is 3.39. The number of carbonyl (C=O) groups excluding carboxylic acids is 1. The lowest BCUT2D eigenvalue weighted by atomic mass is 9.84. The Morgan fingerprint density at radius 2 is 1.29 bits per heavy atom. The SMILES string of the molecule is COC(=O)C1c2ccccc2N(c2ccccc2)c2ccccc21. The van der Waals surface area contributed by atoms with E-state index in [9.17, 15) is 4.79 Å². The van der Waals surface area contributed by atoms with Crippen LogP contribution in [0.15, 0.2) is 78.9 Å². The number of anilines is 3. The molecule has 3 nitrogen and oxygen atoms in total. The van der Waals surface area contributed by atoms with Crippen LogP contribution in [0.1, 0.15) is 17.0 Å². The van der Waals surface area contributed by atoms with Crippen LogP contribution in [0.25, 0.3) is 0 Å². The maximum absolute atomic E-state index is 12.5. The van der Waals surface area contributed by atoms with Gasteiger partial charge < -0.3 is 9.64 Å². The average Bonchev–Trinajstić information content (AvgIpc) is 2.66. The molecule has 1 aliphatic heterocycles. The summed E-state index contributed by atoms with van der Waals surface area (Å²) in [6.45, 7) is 0. The lowest BCUT2D eigenvalue weighted by molar-refractivity contribution is -0.141. The fraction of sp³-hybridized carbons (Fsp3) is 0.0952. The Balaban J connectivity index is 2.00. The van der Waals surface area contributed by atoms with Crippen molar-refractivity contribution in [1.82, 2.24) is 0 Å². The topological polar surface area (TPSA) is 29.5 Å². The number of hydrogen-bond donors (Lipinski definition) is 0. The molecule has 0 radical (unpaired) electrons. The molecule has 0 aliphatic carbocycles. The molecule has 24 heavy (non-hydrogen) atoms. The standard InChI is InChI=1S/C21H17NO2/c1-24-21(23)20-16-11-5-7-13-18(16)22(15-9-3-2-4-10-15)19-14-8-6-12-17(19)20/h2-14,20H,1H3. The van der Waals surface area contributed by atoms with Gasteiger partial charge in [0.1, 0.15) is 5.92 Å². The third kappa shape index (κ3) is 2.17. The highest BCUT2D eigenvalue weighted by Gasteiger charge is 2.35. The molecule has 4 rings (SSSR count). The van der Waals surface area contributed by atoms with Crippen LogP contribution in [0.3, 0.4) is 0 Å². The molecule has 0 aromatic heterocycles. The van der Waals surface area contributed by atoms with E-state index in [1.165, 1.54) is 7.11 Å². The summed E-state index contributed by atoms with van der Waals surface area (Å²) in [6.07, 6.45) is 0. The van der Waals surface area contributed by atoms with E-state index in [1.807, 2.05) is 66.7 Å². The quantitative estimate of drug-likeness (QED) is 0.638. The molecule has 3 aromatic carbocycles. The van der Waals surface area contributed by atoms with Crippen LogP contribution in [-0.4, -0.2) is 13.1 Å². The van der Waals surface area contributed by atoms with Gasteiger partial charge in [0, 0.05) is 5.69 Å². The Hall–Kier alpha value is -3.07. The molecule has 118 valence electrons. The summed E-state index contributed by atoms with van der Waals surface area (Å²) in [4.78, 5) is 14.7. The third-order valence-electron chi connectivity index (χ3n) is 4.43. The monoisotopic (exact) mass is 315 g/mol. The van der Waals surface area contributed by atoms with Gasteiger partial charge in [-0.2, -0.15) is 0 Å². The van der Waals surface area contributed by atoms with Crippen molar-refractivity contribution in [3.8, 4) is 0 Å². The maximum Gasteiger partial charge on any atom is 0.317 e. The van der Waals surface area contributed by atoms with Crippen LogP contribution < -0.4 is 4.90 Å². The third-order valence-corrected chi connectivity index (χ3v) is 4.43. The molecule has 0 saturated heterocycles. The van der Waals surface area contributed by atoms with E-state index in [4.69, 9.17) is 4.74 Å². The van der Waals surface area contributed by atoms with Gasteiger partial charge in [-0.15, -0.1) is 0 Å². The molecule has 0 atom stereocenters. The van der Waals surface area contributed by atoms with Crippen LogP contribution in [-0.2, 0) is 9.53 Å². The number of esters is 1. The van der Waals surface area contributed by atoms with E-state index >= 15 is 0 Å². The van der Waals surface area contributed by atoms with Gasteiger partial charge in [-0.1, -0.05) is 54.6 Å². The molecular weight excluding hydrogens is 298 g/mol. The highest BCUT2D eigenvalue weighted by molar-refractivity contribution is 5.94. The molecule has 0 saturated carbocycles. The molecule has 1 heterocycles. The molecule has 0 spiro atoms. The normalized spacial score (nSPS) is 13.1. The second-order valence-corrected chi connectivity index (χ2v) is 5.74. The zero-order chi connectivity index (χ0) is 16.5. The first-order valence-corrected chi connectivity index (χ1v) is 7.92. The van der Waals surface area contributed by atoms with Crippen LogP contribution in [0.5, 0.6) is 0 Å². The van der Waals surface area contributed by atoms with Gasteiger partial charge in [0.2, 0.25) is 0 Å². The van der Waals surface area contributed by atoms with Gasteiger partial charge in [-0.3, -0.25) is 4.79 Å². The summed E-state index contributed by atoms with van der Waals surface area (Å²) < 4.78 is 5.09. The van der Waals surface area contributed by atoms with Crippen molar-refractivity contribution in [2.75, 3.05) is 12.0 Å². The van der Waals surface area contributed by atoms with Gasteiger partial charge in [-0.05, 0) is 35.4 Å². The summed E-state index contributed by atoms with van der Waals surface area (Å²) in [7, 11) is 1.44. The highest BCUT2D eigenvalue weighted by Crippen LogP contribution is 2.49. The van der Waals surface area contributed by atoms with Crippen molar-refractivity contribution in [3.63, 3.8) is 0 Å². The largest absolute Gasteiger partial charge is 0.468 e. The van der Waals surface area contributed by atoms with E-state index in [-0.39, 0.29) is 5.97 Å². The van der Waals surface area contributed by atoms with E-state index in [0.29, 0.717) is 0 Å². The number of methoxy groups -OCH3 is 1. The first kappa shape index (κ1) is 14.5. The number of para-hydroxylation sites is 3. The fourth-order valence-electron chi connectivity index (χ4n) is 3.39. The summed E-state index contributed by atoms with van der Waals surface area (Å²) in [5.74, 6) is -0.634. The van der Waals surface area contributed by atoms with E-state index in [0.717, 1.165) is 28.2 Å². The minimum absolute atomic E-state index is 0.234. The number of benzene rings is 3. The predicted molar refractivity (Wildman–Crippen MR) is 95.0 cm³/mol. The molecule has 0 unspecified atom stereocenters. The zero-order valence-corrected chi connectivity index (χ0v) is 13.3. The Labute approximate surface area is 141 Å². The molecule has 3 heteroatoms. The van der Waals surface area contributed by atoms with Crippen LogP contribution in [0.2, 0.25) is 0 Å². The molecular formula is C21H17NO2. The lowest BCUT2D eigenvalue weighted by Gasteiger charge is -2.36. The number of nitrogens with zero attached hydrogens (tertiary/aromatic N) is 1. The Bertz CT molecular complexity index is 842. The predicted octanol–water partition coefficient (Wildman–Crippen LogP) is 4.77. The van der Waals surface area contributed by atoms with Crippen molar-refractivity contribution >= 4 is 23.0 Å². The summed E-state index contributed by atoms with van der Waals surface area (Å²) in [5, 5.41) is 0. The molecule has 1 aliphatic rings. The first-order valence-electron chi connectivity index (χ1n) is 7.92. The van der Waals surface area contributed by atoms with Crippen LogP contribution in [0, 0.1) is 0 Å². The number of ether oxygens (including phenoxy) is 1. The van der Waals surface area contributed by atoms with Gasteiger partial charge in [0.05, 0.1) is 18.5 Å². The molecule has 3 aromatic rings. The van der Waals surface area contributed by atoms with Crippen LogP contribution >= 0.6 is 0 Å². The van der Waals surface area contributed by atoms with E-state index in [2.05, 4.69) is 17.0 Å². The summed E-state index contributed by atoms with van der Waals surface area (Å²) >= 11 is 0. The van der Waals surface area contributed by atoms with Crippen molar-refractivity contribution < 1.29 is 9.53 Å². The van der Waals surface area contributed by atoms with Crippen molar-refractivity contribution in [2.45, 2.75) is 5.92 Å². The highest BCUT2D eigenvalue weighted by atomic mass is 16.5. The van der Waals surface area contributed by atoms with Gasteiger partial charge in [0.15, 0.2) is 0 Å². The van der Waals surface area contributed by atoms with Crippen molar-refractivity contribution in [2.24, 2.45) is 0 Å². The number of fused-ring (bicyclic) bond motifs is 2. The van der Waals surface area contributed by atoms with Crippen molar-refractivity contribution in [3.05, 3.63) is 90.0 Å². The van der Waals surface area contributed by atoms with E-state index in [1.54, 1.807) is 0 Å².